The topological polar surface area (TPSA) is 43.4 Å². The van der Waals surface area contributed by atoms with Gasteiger partial charge in [0.1, 0.15) is 0 Å². The smallest absolute Gasteiger partial charge is 0.317 e. The molecule has 0 aromatic heterocycles. The van der Waals surface area contributed by atoms with Gasteiger partial charge in [0.15, 0.2) is 0 Å². The number of rotatable bonds is 18. The Balaban J connectivity index is 1.76. The number of hydrogen-bond acceptors (Lipinski definition) is 3. The number of esters is 2. The van der Waals surface area contributed by atoms with Crippen molar-refractivity contribution in [3.05, 3.63) is 12.2 Å². The lowest BCUT2D eigenvalue weighted by atomic mass is 9.99. The highest BCUT2D eigenvalue weighted by atomic mass is 16.6. The zero-order valence-electron chi connectivity index (χ0n) is 17.7. The van der Waals surface area contributed by atoms with Crippen LogP contribution < -0.4 is 0 Å². The zero-order valence-corrected chi connectivity index (χ0v) is 17.7. The van der Waals surface area contributed by atoms with Crippen LogP contribution in [0.3, 0.4) is 0 Å². The molecule has 0 aliphatic carbocycles. The number of carbonyl (C=O) groups excluding carboxylic acids is 2. The van der Waals surface area contributed by atoms with Gasteiger partial charge in [-0.2, -0.15) is 0 Å². The average molecular weight is 379 g/mol. The molecule has 0 aromatic rings. The molecular weight excluding hydrogens is 336 g/mol. The summed E-state index contributed by atoms with van der Waals surface area (Å²) in [4.78, 5) is 22.4. The molecular formula is C24H42O3. The molecule has 1 fully saturated rings. The van der Waals surface area contributed by atoms with Crippen LogP contribution >= 0.6 is 0 Å². The largest absolute Gasteiger partial charge is 0.393 e. The first kappa shape index (κ1) is 23.9. The van der Waals surface area contributed by atoms with Crippen LogP contribution in [0.15, 0.2) is 12.2 Å². The van der Waals surface area contributed by atoms with Gasteiger partial charge in [0.25, 0.3) is 0 Å². The minimum Gasteiger partial charge on any atom is -0.393 e. The van der Waals surface area contributed by atoms with Gasteiger partial charge in [-0.25, -0.2) is 0 Å². The van der Waals surface area contributed by atoms with Gasteiger partial charge in [-0.05, 0) is 32.1 Å². The summed E-state index contributed by atoms with van der Waals surface area (Å²) in [5.41, 5.74) is 0. The van der Waals surface area contributed by atoms with Gasteiger partial charge in [-0.15, -0.1) is 0 Å². The third-order valence-electron chi connectivity index (χ3n) is 5.53. The van der Waals surface area contributed by atoms with E-state index < -0.39 is 0 Å². The fraction of sp³-hybridized carbons (Fsp3) is 0.833. The Labute approximate surface area is 167 Å². The second-order valence-electron chi connectivity index (χ2n) is 8.13. The number of cyclic esters (lactones) is 2. The highest BCUT2D eigenvalue weighted by Crippen LogP contribution is 2.22. The van der Waals surface area contributed by atoms with Gasteiger partial charge in [-0.1, -0.05) is 96.1 Å². The predicted octanol–water partition coefficient (Wildman–Crippen LogP) is 7.28. The SMILES string of the molecule is CCCCCCCCCCCC/C=C/CCCCCCC1CC(=O)OC1=O. The third kappa shape index (κ3) is 13.7. The second-order valence-corrected chi connectivity index (χ2v) is 8.13. The monoisotopic (exact) mass is 378 g/mol. The van der Waals surface area contributed by atoms with Crippen molar-refractivity contribution in [1.29, 1.82) is 0 Å². The lowest BCUT2D eigenvalue weighted by Gasteiger charge is -2.03. The summed E-state index contributed by atoms with van der Waals surface area (Å²) in [6.45, 7) is 2.28. The van der Waals surface area contributed by atoms with E-state index in [1.807, 2.05) is 0 Å². The maximum absolute atomic E-state index is 11.3. The minimum absolute atomic E-state index is 0.168. The maximum atomic E-state index is 11.3. The maximum Gasteiger partial charge on any atom is 0.317 e. The van der Waals surface area contributed by atoms with Crippen molar-refractivity contribution < 1.29 is 14.3 Å². The number of unbranched alkanes of at least 4 members (excludes halogenated alkanes) is 14. The molecule has 0 N–H and O–H groups in total. The molecule has 1 heterocycles. The van der Waals surface area contributed by atoms with E-state index in [0.717, 1.165) is 19.3 Å². The quantitative estimate of drug-likeness (QED) is 0.109. The van der Waals surface area contributed by atoms with Crippen molar-refractivity contribution >= 4 is 11.9 Å². The molecule has 3 heteroatoms. The van der Waals surface area contributed by atoms with E-state index in [4.69, 9.17) is 0 Å². The number of ether oxygens (including phenoxy) is 1. The lowest BCUT2D eigenvalue weighted by molar-refractivity contribution is -0.153. The standard InChI is InChI=1S/C24H42O3/c1-2-3-4-5-6-7-8-9-10-11-12-13-14-15-16-17-18-19-20-22-21-23(25)27-24(22)26/h13-14,22H,2-12,15-21H2,1H3/b14-13+. The van der Waals surface area contributed by atoms with Crippen LogP contribution in [-0.2, 0) is 14.3 Å². The van der Waals surface area contributed by atoms with Gasteiger partial charge in [0.2, 0.25) is 0 Å². The van der Waals surface area contributed by atoms with E-state index in [-0.39, 0.29) is 17.9 Å². The lowest BCUT2D eigenvalue weighted by Crippen LogP contribution is -2.06. The molecule has 27 heavy (non-hydrogen) atoms. The van der Waals surface area contributed by atoms with E-state index in [2.05, 4.69) is 23.8 Å². The molecule has 0 saturated carbocycles. The molecule has 1 unspecified atom stereocenters. The van der Waals surface area contributed by atoms with Gasteiger partial charge in [-0.3, -0.25) is 9.59 Å². The van der Waals surface area contributed by atoms with Crippen LogP contribution in [0.1, 0.15) is 122 Å². The first-order chi connectivity index (χ1) is 13.2. The third-order valence-corrected chi connectivity index (χ3v) is 5.53. The average Bonchev–Trinajstić information content (AvgIpc) is 2.98. The Morgan fingerprint density at radius 1 is 0.741 bits per heavy atom. The molecule has 0 aromatic carbocycles. The van der Waals surface area contributed by atoms with E-state index in [0.29, 0.717) is 6.42 Å². The predicted molar refractivity (Wildman–Crippen MR) is 113 cm³/mol. The Morgan fingerprint density at radius 2 is 1.22 bits per heavy atom. The van der Waals surface area contributed by atoms with E-state index >= 15 is 0 Å². The Hall–Kier alpha value is -1.12. The van der Waals surface area contributed by atoms with Gasteiger partial charge >= 0.3 is 11.9 Å². The van der Waals surface area contributed by atoms with Crippen molar-refractivity contribution in [2.45, 2.75) is 122 Å². The summed E-state index contributed by atoms with van der Waals surface area (Å²) < 4.78 is 4.57. The van der Waals surface area contributed by atoms with Crippen LogP contribution in [0.4, 0.5) is 0 Å². The molecule has 1 saturated heterocycles. The molecule has 1 rings (SSSR count). The van der Waals surface area contributed by atoms with Crippen molar-refractivity contribution in [3.8, 4) is 0 Å². The van der Waals surface area contributed by atoms with Gasteiger partial charge in [0, 0.05) is 0 Å². The number of allylic oxidation sites excluding steroid dienone is 2. The van der Waals surface area contributed by atoms with Gasteiger partial charge in [0.05, 0.1) is 12.3 Å². The highest BCUT2D eigenvalue weighted by molar-refractivity contribution is 5.94. The van der Waals surface area contributed by atoms with Crippen molar-refractivity contribution in [1.82, 2.24) is 0 Å². The molecule has 1 aliphatic rings. The minimum atomic E-state index is -0.349. The molecule has 1 aliphatic heterocycles. The van der Waals surface area contributed by atoms with Gasteiger partial charge < -0.3 is 4.74 Å². The van der Waals surface area contributed by atoms with Crippen LogP contribution in [0, 0.1) is 5.92 Å². The summed E-state index contributed by atoms with van der Waals surface area (Å²) in [5, 5.41) is 0. The summed E-state index contributed by atoms with van der Waals surface area (Å²) in [6.07, 6.45) is 26.8. The number of hydrogen-bond donors (Lipinski definition) is 0. The Morgan fingerprint density at radius 3 is 1.70 bits per heavy atom. The fourth-order valence-electron chi connectivity index (χ4n) is 3.73. The van der Waals surface area contributed by atoms with E-state index in [9.17, 15) is 9.59 Å². The molecule has 3 nitrogen and oxygen atoms in total. The second kappa shape index (κ2) is 17.0. The molecule has 0 radical (unpaired) electrons. The number of carbonyl (C=O) groups is 2. The molecule has 0 bridgehead atoms. The molecule has 0 amide bonds. The first-order valence-corrected chi connectivity index (χ1v) is 11.6. The first-order valence-electron chi connectivity index (χ1n) is 11.6. The Kier molecular flexibility index (Phi) is 15.1. The zero-order chi connectivity index (χ0) is 19.6. The van der Waals surface area contributed by atoms with Crippen LogP contribution in [0.2, 0.25) is 0 Å². The normalized spacial score (nSPS) is 17.1. The van der Waals surface area contributed by atoms with Crippen LogP contribution in [0.25, 0.3) is 0 Å². The molecule has 1 atom stereocenters. The van der Waals surface area contributed by atoms with Crippen molar-refractivity contribution in [3.63, 3.8) is 0 Å². The van der Waals surface area contributed by atoms with E-state index in [1.54, 1.807) is 0 Å². The summed E-state index contributed by atoms with van der Waals surface area (Å²) in [7, 11) is 0. The van der Waals surface area contributed by atoms with Crippen LogP contribution in [0.5, 0.6) is 0 Å². The van der Waals surface area contributed by atoms with Crippen LogP contribution in [-0.4, -0.2) is 11.9 Å². The summed E-state index contributed by atoms with van der Waals surface area (Å²) in [5.74, 6) is -0.828. The van der Waals surface area contributed by atoms with Crippen molar-refractivity contribution in [2.75, 3.05) is 0 Å². The molecule has 156 valence electrons. The summed E-state index contributed by atoms with van der Waals surface area (Å²) >= 11 is 0. The van der Waals surface area contributed by atoms with E-state index in [1.165, 1.54) is 89.9 Å². The fourth-order valence-corrected chi connectivity index (χ4v) is 3.73. The highest BCUT2D eigenvalue weighted by Gasteiger charge is 2.32. The Bertz CT molecular complexity index is 414. The van der Waals surface area contributed by atoms with Crippen molar-refractivity contribution in [2.24, 2.45) is 5.92 Å². The summed E-state index contributed by atoms with van der Waals surface area (Å²) in [6, 6.07) is 0. The molecule has 0 spiro atoms.